The van der Waals surface area contributed by atoms with Crippen LogP contribution < -0.4 is 20.9 Å². The highest BCUT2D eigenvalue weighted by molar-refractivity contribution is 5.96. The molecule has 1 aliphatic rings. The number of carbonyl (C=O) groups excluding carboxylic acids is 1. The van der Waals surface area contributed by atoms with Crippen LogP contribution in [-0.2, 0) is 13.1 Å². The molecule has 0 bridgehead atoms. The summed E-state index contributed by atoms with van der Waals surface area (Å²) in [5, 5.41) is 9.94. The molecule has 3 heterocycles. The summed E-state index contributed by atoms with van der Waals surface area (Å²) in [5.41, 5.74) is 7.16. The zero-order valence-corrected chi connectivity index (χ0v) is 18.5. The average Bonchev–Trinajstić information content (AvgIpc) is 3.15. The molecule has 1 saturated heterocycles. The number of allylic oxidation sites excluding steroid dienone is 1. The van der Waals surface area contributed by atoms with Gasteiger partial charge in [0.1, 0.15) is 34.2 Å². The maximum atomic E-state index is 13.5. The van der Waals surface area contributed by atoms with Crippen molar-refractivity contribution in [2.75, 3.05) is 25.1 Å². The summed E-state index contributed by atoms with van der Waals surface area (Å²) in [6, 6.07) is 8.99. The molecule has 3 aromatic rings. The molecule has 0 radical (unpaired) electrons. The third-order valence-corrected chi connectivity index (χ3v) is 5.89. The highest BCUT2D eigenvalue weighted by atomic mass is 16.5. The monoisotopic (exact) mass is 446 g/mol. The summed E-state index contributed by atoms with van der Waals surface area (Å²) < 4.78 is 8.22. The molecule has 1 aromatic carbocycles. The number of benzene rings is 1. The van der Waals surface area contributed by atoms with E-state index in [0.717, 1.165) is 19.4 Å². The molecule has 2 N–H and O–H groups in total. The van der Waals surface area contributed by atoms with Crippen molar-refractivity contribution in [3.63, 3.8) is 0 Å². The molecule has 2 aromatic heterocycles. The third-order valence-electron chi connectivity index (χ3n) is 5.89. The van der Waals surface area contributed by atoms with Crippen LogP contribution in [0.25, 0.3) is 11.0 Å². The third kappa shape index (κ3) is 4.13. The van der Waals surface area contributed by atoms with E-state index in [9.17, 15) is 14.9 Å². The van der Waals surface area contributed by atoms with Crippen molar-refractivity contribution in [2.24, 2.45) is 5.73 Å². The number of piperidine rings is 1. The molecule has 4 rings (SSSR count). The number of ketones is 1. The Labute approximate surface area is 191 Å². The first-order valence-electron chi connectivity index (χ1n) is 10.8. The van der Waals surface area contributed by atoms with E-state index in [1.54, 1.807) is 34.9 Å². The van der Waals surface area contributed by atoms with Crippen LogP contribution in [0.5, 0.6) is 5.75 Å². The predicted molar refractivity (Wildman–Crippen MR) is 126 cm³/mol. The molecule has 33 heavy (non-hydrogen) atoms. The van der Waals surface area contributed by atoms with Gasteiger partial charge in [-0.15, -0.1) is 6.58 Å². The molecule has 170 valence electrons. The minimum Gasteiger partial charge on any atom is -0.497 e. The van der Waals surface area contributed by atoms with E-state index in [1.165, 1.54) is 18.0 Å². The van der Waals surface area contributed by atoms with Gasteiger partial charge in [0.15, 0.2) is 5.78 Å². The van der Waals surface area contributed by atoms with Crippen LogP contribution >= 0.6 is 0 Å². The topological polar surface area (TPSA) is 119 Å². The predicted octanol–water partition coefficient (Wildman–Crippen LogP) is 2.07. The summed E-state index contributed by atoms with van der Waals surface area (Å²) in [6.07, 6.45) is 4.81. The lowest BCUT2D eigenvalue weighted by atomic mass is 10.1. The second kappa shape index (κ2) is 9.30. The van der Waals surface area contributed by atoms with Gasteiger partial charge in [-0.25, -0.2) is 4.98 Å². The number of nitrogens with zero attached hydrogens (tertiary/aromatic N) is 5. The number of carbonyl (C=O) groups is 1. The molecule has 0 spiro atoms. The lowest BCUT2D eigenvalue weighted by Crippen LogP contribution is -2.44. The smallest absolute Gasteiger partial charge is 0.278 e. The van der Waals surface area contributed by atoms with E-state index in [1.807, 2.05) is 4.90 Å². The van der Waals surface area contributed by atoms with Gasteiger partial charge in [0.25, 0.3) is 5.56 Å². The summed E-state index contributed by atoms with van der Waals surface area (Å²) in [6.45, 7) is 5.28. The number of hydrogen-bond acceptors (Lipinski definition) is 7. The Morgan fingerprint density at radius 3 is 2.97 bits per heavy atom. The Balaban J connectivity index is 1.81. The van der Waals surface area contributed by atoms with Crippen LogP contribution in [0, 0.1) is 11.3 Å². The number of methoxy groups -OCH3 is 1. The van der Waals surface area contributed by atoms with Crippen molar-refractivity contribution in [3.8, 4) is 11.8 Å². The van der Waals surface area contributed by atoms with Crippen molar-refractivity contribution in [3.05, 3.63) is 64.7 Å². The van der Waals surface area contributed by atoms with Crippen LogP contribution in [0.3, 0.4) is 0 Å². The van der Waals surface area contributed by atoms with E-state index in [2.05, 4.69) is 17.6 Å². The SMILES string of the molecule is C=CCn1c(N2CCC[C@H](N)C2)c(C#N)c2ncn(CC(=O)c3cccc(OC)c3)c(=O)c21. The second-order valence-electron chi connectivity index (χ2n) is 8.09. The van der Waals surface area contributed by atoms with Gasteiger partial charge in [-0.05, 0) is 25.0 Å². The van der Waals surface area contributed by atoms with Crippen LogP contribution in [0.15, 0.2) is 48.0 Å². The first kappa shape index (κ1) is 22.3. The van der Waals surface area contributed by atoms with Gasteiger partial charge in [-0.3, -0.25) is 14.2 Å². The Hall–Kier alpha value is -3.90. The van der Waals surface area contributed by atoms with Gasteiger partial charge in [0, 0.05) is 31.2 Å². The van der Waals surface area contributed by atoms with E-state index in [0.29, 0.717) is 41.3 Å². The van der Waals surface area contributed by atoms with Crippen LogP contribution in [0.4, 0.5) is 5.82 Å². The number of nitrogens with two attached hydrogens (primary N) is 1. The number of hydrogen-bond donors (Lipinski definition) is 1. The molecule has 9 heteroatoms. The Morgan fingerprint density at radius 2 is 2.27 bits per heavy atom. The fourth-order valence-electron chi connectivity index (χ4n) is 4.35. The summed E-state index contributed by atoms with van der Waals surface area (Å²) >= 11 is 0. The molecule has 0 aliphatic carbocycles. The molecular formula is C24H26N6O3. The quantitative estimate of drug-likeness (QED) is 0.436. The van der Waals surface area contributed by atoms with Crippen molar-refractivity contribution >= 4 is 22.6 Å². The second-order valence-corrected chi connectivity index (χ2v) is 8.09. The van der Waals surface area contributed by atoms with E-state index in [4.69, 9.17) is 10.5 Å². The first-order valence-corrected chi connectivity index (χ1v) is 10.8. The highest BCUT2D eigenvalue weighted by Crippen LogP contribution is 2.31. The Kier molecular flexibility index (Phi) is 6.29. The maximum absolute atomic E-state index is 13.5. The number of anilines is 1. The lowest BCUT2D eigenvalue weighted by molar-refractivity contribution is 0.0970. The zero-order chi connectivity index (χ0) is 23.5. The summed E-state index contributed by atoms with van der Waals surface area (Å²) in [7, 11) is 1.53. The van der Waals surface area contributed by atoms with Gasteiger partial charge in [-0.2, -0.15) is 5.26 Å². The van der Waals surface area contributed by atoms with Gasteiger partial charge in [0.05, 0.1) is 20.0 Å². The number of nitriles is 1. The lowest BCUT2D eigenvalue weighted by Gasteiger charge is -2.33. The van der Waals surface area contributed by atoms with E-state index < -0.39 is 0 Å². The molecule has 0 saturated carbocycles. The van der Waals surface area contributed by atoms with Crippen molar-refractivity contribution in [1.29, 1.82) is 5.26 Å². The summed E-state index contributed by atoms with van der Waals surface area (Å²) in [4.78, 5) is 32.8. The van der Waals surface area contributed by atoms with Gasteiger partial charge < -0.3 is 19.9 Å². The number of rotatable bonds is 7. The van der Waals surface area contributed by atoms with Gasteiger partial charge in [0.2, 0.25) is 0 Å². The molecule has 1 atom stereocenters. The fraction of sp³-hybridized carbons (Fsp3) is 0.333. The number of ether oxygens (including phenoxy) is 1. The van der Waals surface area contributed by atoms with Crippen molar-refractivity contribution < 1.29 is 9.53 Å². The van der Waals surface area contributed by atoms with Crippen molar-refractivity contribution in [1.82, 2.24) is 14.1 Å². The molecule has 0 amide bonds. The van der Waals surface area contributed by atoms with Gasteiger partial charge >= 0.3 is 0 Å². The minimum absolute atomic E-state index is 0.00871. The molecule has 9 nitrogen and oxygen atoms in total. The fourth-order valence-corrected chi connectivity index (χ4v) is 4.35. The van der Waals surface area contributed by atoms with E-state index >= 15 is 0 Å². The first-order chi connectivity index (χ1) is 16.0. The van der Waals surface area contributed by atoms with Crippen molar-refractivity contribution in [2.45, 2.75) is 32.0 Å². The Morgan fingerprint density at radius 1 is 1.45 bits per heavy atom. The molecular weight excluding hydrogens is 420 g/mol. The number of aromatic nitrogens is 3. The highest BCUT2D eigenvalue weighted by Gasteiger charge is 2.28. The largest absolute Gasteiger partial charge is 0.497 e. The van der Waals surface area contributed by atoms with Crippen LogP contribution in [-0.4, -0.2) is 46.1 Å². The molecule has 1 fully saturated rings. The normalized spacial score (nSPS) is 15.9. The van der Waals surface area contributed by atoms with Gasteiger partial charge in [-0.1, -0.05) is 18.2 Å². The molecule has 1 aliphatic heterocycles. The van der Waals surface area contributed by atoms with Crippen LogP contribution in [0.2, 0.25) is 0 Å². The Bertz CT molecular complexity index is 1320. The number of Topliss-reactive ketones (excluding diaryl/α,β-unsaturated/α-hetero) is 1. The molecule has 0 unspecified atom stereocenters. The standard InChI is InChI=1S/C24H26N6O3/c1-3-9-30-22-21(19(12-25)23(30)28-10-5-7-17(26)13-28)27-15-29(24(22)32)14-20(31)16-6-4-8-18(11-16)33-2/h3-4,6,8,11,15,17H,1,5,7,9-10,13-14,26H2,2H3/t17-/m0/s1. The zero-order valence-electron chi connectivity index (χ0n) is 18.5. The maximum Gasteiger partial charge on any atom is 0.278 e. The average molecular weight is 447 g/mol. The van der Waals surface area contributed by atoms with Crippen LogP contribution in [0.1, 0.15) is 28.8 Å². The minimum atomic E-state index is -0.387. The van der Waals surface area contributed by atoms with E-state index in [-0.39, 0.29) is 29.4 Å². The number of fused-ring (bicyclic) bond motifs is 1. The summed E-state index contributed by atoms with van der Waals surface area (Å²) in [5.74, 6) is 0.940.